The molecule has 0 aromatic carbocycles. The van der Waals surface area contributed by atoms with Crippen LogP contribution in [0.2, 0.25) is 0 Å². The van der Waals surface area contributed by atoms with Gasteiger partial charge in [0.2, 0.25) is 0 Å². The molecule has 5 heteroatoms. The van der Waals surface area contributed by atoms with Crippen LogP contribution in [0.4, 0.5) is 0 Å². The number of aliphatic imine (C=N–C) groups is 1. The second kappa shape index (κ2) is 3.18. The molecule has 0 spiro atoms. The van der Waals surface area contributed by atoms with Gasteiger partial charge in [0.15, 0.2) is 0 Å². The summed E-state index contributed by atoms with van der Waals surface area (Å²) in [6, 6.07) is 0. The zero-order valence-electron chi connectivity index (χ0n) is 8.08. The van der Waals surface area contributed by atoms with Crippen LogP contribution in [-0.4, -0.2) is 28.2 Å². The number of halogens is 1. The molecule has 0 aromatic heterocycles. The first-order valence-corrected chi connectivity index (χ1v) is 5.17. The van der Waals surface area contributed by atoms with Crippen LogP contribution in [0.25, 0.3) is 0 Å². The number of aliphatic hydroxyl groups is 1. The predicted octanol–water partition coefficient (Wildman–Crippen LogP) is 1.11. The van der Waals surface area contributed by atoms with Crippen LogP contribution in [-0.2, 0) is 0 Å². The minimum Gasteiger partial charge on any atom is -0.386 e. The average Bonchev–Trinajstić information content (AvgIpc) is 2.47. The third-order valence-electron chi connectivity index (χ3n) is 2.13. The largest absolute Gasteiger partial charge is 0.386 e. The first-order chi connectivity index (χ1) is 6.48. The molecule has 0 saturated carbocycles. The number of amidine groups is 1. The molecular weight excluding hydrogens is 246 g/mol. The number of hydrogen-bond donors (Lipinski definition) is 2. The molecule has 14 heavy (non-hydrogen) atoms. The van der Waals surface area contributed by atoms with Crippen LogP contribution >= 0.6 is 15.9 Å². The Morgan fingerprint density at radius 2 is 2.36 bits per heavy atom. The summed E-state index contributed by atoms with van der Waals surface area (Å²) in [5.41, 5.74) is 3.00. The summed E-state index contributed by atoms with van der Waals surface area (Å²) < 4.78 is 0.919. The van der Waals surface area contributed by atoms with Crippen molar-refractivity contribution in [1.29, 1.82) is 0 Å². The lowest BCUT2D eigenvalue weighted by atomic mass is 9.95. The van der Waals surface area contributed by atoms with Crippen molar-refractivity contribution in [2.24, 2.45) is 4.99 Å². The zero-order valence-corrected chi connectivity index (χ0v) is 9.67. The van der Waals surface area contributed by atoms with Crippen molar-refractivity contribution in [2.75, 3.05) is 6.67 Å². The maximum Gasteiger partial charge on any atom is 0.149 e. The van der Waals surface area contributed by atoms with E-state index in [1.54, 1.807) is 13.8 Å². The van der Waals surface area contributed by atoms with Crippen molar-refractivity contribution in [3.8, 4) is 0 Å². The molecule has 2 rings (SSSR count). The molecule has 0 bridgehead atoms. The van der Waals surface area contributed by atoms with E-state index in [9.17, 15) is 5.11 Å². The van der Waals surface area contributed by atoms with E-state index in [0.717, 1.165) is 15.9 Å². The van der Waals surface area contributed by atoms with Gasteiger partial charge < -0.3 is 5.11 Å². The second-order valence-corrected chi connectivity index (χ2v) is 4.71. The Morgan fingerprint density at radius 1 is 1.64 bits per heavy atom. The Bertz CT molecular complexity index is 352. The predicted molar refractivity (Wildman–Crippen MR) is 58.7 cm³/mol. The van der Waals surface area contributed by atoms with Gasteiger partial charge in [0.05, 0.1) is 5.60 Å². The summed E-state index contributed by atoms with van der Waals surface area (Å²) in [6.07, 6.45) is 3.78. The minimum atomic E-state index is -0.879. The van der Waals surface area contributed by atoms with E-state index in [2.05, 4.69) is 26.3 Å². The molecule has 0 radical (unpaired) electrons. The SMILES string of the molecule is CC(C)(O)C1=CC(Br)=CN2NCN=C12. The minimum absolute atomic E-state index is 0.555. The Kier molecular flexibility index (Phi) is 2.25. The monoisotopic (exact) mass is 257 g/mol. The van der Waals surface area contributed by atoms with Crippen molar-refractivity contribution < 1.29 is 5.11 Å². The van der Waals surface area contributed by atoms with Gasteiger partial charge in [-0.2, -0.15) is 0 Å². The summed E-state index contributed by atoms with van der Waals surface area (Å²) in [5, 5.41) is 11.8. The van der Waals surface area contributed by atoms with Gasteiger partial charge in [-0.1, -0.05) is 0 Å². The van der Waals surface area contributed by atoms with E-state index < -0.39 is 5.60 Å². The van der Waals surface area contributed by atoms with Crippen LogP contribution in [0.1, 0.15) is 13.8 Å². The van der Waals surface area contributed by atoms with E-state index in [1.807, 2.05) is 17.3 Å². The summed E-state index contributed by atoms with van der Waals surface area (Å²) in [7, 11) is 0. The number of allylic oxidation sites excluding steroid dienone is 2. The Labute approximate surface area is 91.1 Å². The third-order valence-corrected chi connectivity index (χ3v) is 2.57. The normalized spacial score (nSPS) is 21.4. The summed E-state index contributed by atoms with van der Waals surface area (Å²) >= 11 is 3.39. The van der Waals surface area contributed by atoms with E-state index >= 15 is 0 Å². The summed E-state index contributed by atoms with van der Waals surface area (Å²) in [4.78, 5) is 4.28. The molecule has 0 unspecified atom stereocenters. The third kappa shape index (κ3) is 1.63. The van der Waals surface area contributed by atoms with Crippen LogP contribution < -0.4 is 5.43 Å². The van der Waals surface area contributed by atoms with Crippen molar-refractivity contribution in [3.63, 3.8) is 0 Å². The Hall–Kier alpha value is -0.650. The quantitative estimate of drug-likeness (QED) is 0.740. The average molecular weight is 258 g/mol. The van der Waals surface area contributed by atoms with Crippen LogP contribution in [0, 0.1) is 0 Å². The van der Waals surface area contributed by atoms with Gasteiger partial charge in [0.1, 0.15) is 12.5 Å². The van der Waals surface area contributed by atoms with Crippen molar-refractivity contribution in [2.45, 2.75) is 19.4 Å². The fourth-order valence-corrected chi connectivity index (χ4v) is 1.91. The highest BCUT2D eigenvalue weighted by atomic mass is 79.9. The standard InChI is InChI=1S/C9H12BrN3O/c1-9(2,14)7-3-6(10)4-13-8(7)11-5-12-13/h3-4,12,14H,5H2,1-2H3. The maximum absolute atomic E-state index is 9.96. The maximum atomic E-state index is 9.96. The van der Waals surface area contributed by atoms with Crippen LogP contribution in [0.3, 0.4) is 0 Å². The summed E-state index contributed by atoms with van der Waals surface area (Å²) in [5.74, 6) is 0.792. The smallest absolute Gasteiger partial charge is 0.149 e. The topological polar surface area (TPSA) is 47.9 Å². The molecule has 2 N–H and O–H groups in total. The highest BCUT2D eigenvalue weighted by Crippen LogP contribution is 2.28. The number of nitrogens with one attached hydrogen (secondary N) is 1. The fourth-order valence-electron chi connectivity index (χ4n) is 1.47. The molecule has 0 aliphatic carbocycles. The first kappa shape index (κ1) is 9.89. The lowest BCUT2D eigenvalue weighted by Crippen LogP contribution is -2.40. The fraction of sp³-hybridized carbons (Fsp3) is 0.444. The van der Waals surface area contributed by atoms with Crippen LogP contribution in [0.15, 0.2) is 27.3 Å². The molecule has 0 fully saturated rings. The molecule has 2 heterocycles. The molecule has 0 saturated heterocycles. The van der Waals surface area contributed by atoms with Gasteiger partial charge in [-0.05, 0) is 35.9 Å². The number of rotatable bonds is 1. The van der Waals surface area contributed by atoms with E-state index in [4.69, 9.17) is 0 Å². The van der Waals surface area contributed by atoms with Gasteiger partial charge >= 0.3 is 0 Å². The highest BCUT2D eigenvalue weighted by molar-refractivity contribution is 9.11. The van der Waals surface area contributed by atoms with Gasteiger partial charge in [0, 0.05) is 16.3 Å². The number of hydrazine groups is 1. The second-order valence-electron chi connectivity index (χ2n) is 3.80. The van der Waals surface area contributed by atoms with Gasteiger partial charge in [-0.15, -0.1) is 0 Å². The highest BCUT2D eigenvalue weighted by Gasteiger charge is 2.31. The number of nitrogens with zero attached hydrogens (tertiary/aromatic N) is 2. The summed E-state index contributed by atoms with van der Waals surface area (Å²) in [6.45, 7) is 4.06. The van der Waals surface area contributed by atoms with Crippen molar-refractivity contribution in [3.05, 3.63) is 22.3 Å². The van der Waals surface area contributed by atoms with E-state index in [-0.39, 0.29) is 0 Å². The van der Waals surface area contributed by atoms with Gasteiger partial charge in [-0.3, -0.25) is 5.01 Å². The van der Waals surface area contributed by atoms with Gasteiger partial charge in [0.25, 0.3) is 0 Å². The van der Waals surface area contributed by atoms with E-state index in [1.165, 1.54) is 0 Å². The van der Waals surface area contributed by atoms with Crippen molar-refractivity contribution >= 4 is 21.8 Å². The Balaban J connectivity index is 2.43. The lowest BCUT2D eigenvalue weighted by Gasteiger charge is -2.28. The molecule has 2 aliphatic heterocycles. The molecule has 76 valence electrons. The molecule has 0 atom stereocenters. The van der Waals surface area contributed by atoms with Gasteiger partial charge in [-0.25, -0.2) is 10.4 Å². The molecule has 0 amide bonds. The zero-order chi connectivity index (χ0) is 10.3. The molecule has 2 aliphatic rings. The number of fused-ring (bicyclic) bond motifs is 1. The first-order valence-electron chi connectivity index (χ1n) is 4.38. The molecular formula is C9H12BrN3O. The molecule has 0 aromatic rings. The Morgan fingerprint density at radius 3 is 3.00 bits per heavy atom. The van der Waals surface area contributed by atoms with E-state index in [0.29, 0.717) is 6.67 Å². The molecule has 4 nitrogen and oxygen atoms in total. The lowest BCUT2D eigenvalue weighted by molar-refractivity contribution is 0.124. The number of hydrogen-bond acceptors (Lipinski definition) is 4. The van der Waals surface area contributed by atoms with Crippen molar-refractivity contribution in [1.82, 2.24) is 10.4 Å². The van der Waals surface area contributed by atoms with Crippen LogP contribution in [0.5, 0.6) is 0 Å².